The number of nitrogens with zero attached hydrogens (tertiary/aromatic N) is 4. The number of rotatable bonds is 6. The first kappa shape index (κ1) is 16.6. The standard InChI is InChI=1S/C17H23N5O2/c1-14-19-17(24-20-14)13-22-9-7-21(8-10-22)12-16(23)18-11-15-5-3-2-4-6-15/h2-6H,7-13H2,1H3,(H,18,23). The molecule has 0 spiro atoms. The lowest BCUT2D eigenvalue weighted by Gasteiger charge is -2.33. The van der Waals surface area contributed by atoms with Crippen LogP contribution in [0.3, 0.4) is 0 Å². The fourth-order valence-corrected chi connectivity index (χ4v) is 2.76. The molecule has 1 aromatic carbocycles. The van der Waals surface area contributed by atoms with Crippen molar-refractivity contribution in [3.63, 3.8) is 0 Å². The molecule has 7 heteroatoms. The van der Waals surface area contributed by atoms with E-state index in [0.29, 0.717) is 31.3 Å². The molecule has 24 heavy (non-hydrogen) atoms. The summed E-state index contributed by atoms with van der Waals surface area (Å²) in [6, 6.07) is 9.95. The average Bonchev–Trinajstić information content (AvgIpc) is 3.01. The number of nitrogens with one attached hydrogen (secondary N) is 1. The Hall–Kier alpha value is -2.25. The Morgan fingerprint density at radius 1 is 1.17 bits per heavy atom. The number of piperazine rings is 1. The van der Waals surface area contributed by atoms with Gasteiger partial charge in [-0.05, 0) is 12.5 Å². The van der Waals surface area contributed by atoms with E-state index in [1.54, 1.807) is 0 Å². The molecule has 128 valence electrons. The maximum absolute atomic E-state index is 12.1. The topological polar surface area (TPSA) is 74.5 Å². The van der Waals surface area contributed by atoms with Crippen molar-refractivity contribution in [1.29, 1.82) is 0 Å². The third-order valence-electron chi connectivity index (χ3n) is 4.09. The highest BCUT2D eigenvalue weighted by Gasteiger charge is 2.20. The van der Waals surface area contributed by atoms with Gasteiger partial charge >= 0.3 is 0 Å². The van der Waals surface area contributed by atoms with Gasteiger partial charge in [-0.3, -0.25) is 14.6 Å². The van der Waals surface area contributed by atoms with Crippen molar-refractivity contribution in [2.24, 2.45) is 0 Å². The number of carbonyl (C=O) groups excluding carboxylic acids is 1. The minimum absolute atomic E-state index is 0.0693. The zero-order valence-electron chi connectivity index (χ0n) is 13.9. The summed E-state index contributed by atoms with van der Waals surface area (Å²) < 4.78 is 5.15. The predicted octanol–water partition coefficient (Wildman–Crippen LogP) is 0.812. The van der Waals surface area contributed by atoms with E-state index >= 15 is 0 Å². The van der Waals surface area contributed by atoms with Gasteiger partial charge in [0, 0.05) is 32.7 Å². The molecule has 0 aliphatic carbocycles. The molecule has 3 rings (SSSR count). The van der Waals surface area contributed by atoms with E-state index in [1.807, 2.05) is 37.3 Å². The molecule has 0 unspecified atom stereocenters. The monoisotopic (exact) mass is 329 g/mol. The van der Waals surface area contributed by atoms with Crippen molar-refractivity contribution in [2.45, 2.75) is 20.0 Å². The Bertz CT molecular complexity index is 650. The minimum Gasteiger partial charge on any atom is -0.351 e. The van der Waals surface area contributed by atoms with Gasteiger partial charge in [0.25, 0.3) is 0 Å². The summed E-state index contributed by atoms with van der Waals surface area (Å²) in [5.41, 5.74) is 1.12. The fraction of sp³-hybridized carbons (Fsp3) is 0.471. The number of amides is 1. The first-order valence-corrected chi connectivity index (χ1v) is 8.23. The molecule has 7 nitrogen and oxygen atoms in total. The van der Waals surface area contributed by atoms with Crippen LogP contribution < -0.4 is 5.32 Å². The Labute approximate surface area is 141 Å². The van der Waals surface area contributed by atoms with Crippen molar-refractivity contribution in [1.82, 2.24) is 25.3 Å². The van der Waals surface area contributed by atoms with Crippen LogP contribution in [-0.4, -0.2) is 58.6 Å². The van der Waals surface area contributed by atoms with Crippen LogP contribution in [0.25, 0.3) is 0 Å². The maximum Gasteiger partial charge on any atom is 0.240 e. The molecule has 1 aliphatic heterocycles. The van der Waals surface area contributed by atoms with E-state index in [-0.39, 0.29) is 5.91 Å². The van der Waals surface area contributed by atoms with Crippen LogP contribution in [0.5, 0.6) is 0 Å². The second-order valence-corrected chi connectivity index (χ2v) is 6.05. The van der Waals surface area contributed by atoms with Gasteiger partial charge in [-0.25, -0.2) is 0 Å². The van der Waals surface area contributed by atoms with Gasteiger partial charge in [0.2, 0.25) is 11.8 Å². The van der Waals surface area contributed by atoms with Crippen molar-refractivity contribution in [2.75, 3.05) is 32.7 Å². The highest BCUT2D eigenvalue weighted by molar-refractivity contribution is 5.78. The lowest BCUT2D eigenvalue weighted by molar-refractivity contribution is -0.122. The largest absolute Gasteiger partial charge is 0.351 e. The molecule has 2 aromatic rings. The number of aromatic nitrogens is 2. The lowest BCUT2D eigenvalue weighted by atomic mass is 10.2. The van der Waals surface area contributed by atoms with E-state index in [0.717, 1.165) is 31.7 Å². The molecular formula is C17H23N5O2. The zero-order valence-corrected chi connectivity index (χ0v) is 13.9. The molecule has 0 bridgehead atoms. The normalized spacial score (nSPS) is 16.2. The molecule has 1 aliphatic rings. The predicted molar refractivity (Wildman–Crippen MR) is 89.0 cm³/mol. The van der Waals surface area contributed by atoms with Crippen LogP contribution in [0.15, 0.2) is 34.9 Å². The lowest BCUT2D eigenvalue weighted by Crippen LogP contribution is -2.49. The molecule has 1 N–H and O–H groups in total. The number of hydrogen-bond acceptors (Lipinski definition) is 6. The second kappa shape index (κ2) is 8.03. The molecule has 0 atom stereocenters. The molecule has 1 amide bonds. The van der Waals surface area contributed by atoms with Crippen molar-refractivity contribution >= 4 is 5.91 Å². The SMILES string of the molecule is Cc1noc(CN2CCN(CC(=O)NCc3ccccc3)CC2)n1. The first-order chi connectivity index (χ1) is 11.7. The van der Waals surface area contributed by atoms with E-state index in [2.05, 4.69) is 25.3 Å². The third kappa shape index (κ3) is 4.87. The zero-order chi connectivity index (χ0) is 16.8. The summed E-state index contributed by atoms with van der Waals surface area (Å²) in [6.07, 6.45) is 0. The minimum atomic E-state index is 0.0693. The Morgan fingerprint density at radius 3 is 2.54 bits per heavy atom. The third-order valence-corrected chi connectivity index (χ3v) is 4.09. The van der Waals surface area contributed by atoms with Crippen LogP contribution >= 0.6 is 0 Å². The molecular weight excluding hydrogens is 306 g/mol. The molecule has 2 heterocycles. The number of carbonyl (C=O) groups is 1. The molecule has 1 fully saturated rings. The Kier molecular flexibility index (Phi) is 5.55. The summed E-state index contributed by atoms with van der Waals surface area (Å²) >= 11 is 0. The highest BCUT2D eigenvalue weighted by atomic mass is 16.5. The first-order valence-electron chi connectivity index (χ1n) is 8.23. The second-order valence-electron chi connectivity index (χ2n) is 6.05. The van der Waals surface area contributed by atoms with E-state index in [9.17, 15) is 4.79 Å². The van der Waals surface area contributed by atoms with Gasteiger partial charge in [-0.2, -0.15) is 4.98 Å². The van der Waals surface area contributed by atoms with Crippen LogP contribution in [0.4, 0.5) is 0 Å². The quantitative estimate of drug-likeness (QED) is 0.845. The van der Waals surface area contributed by atoms with Crippen LogP contribution in [0.1, 0.15) is 17.3 Å². The highest BCUT2D eigenvalue weighted by Crippen LogP contribution is 2.07. The van der Waals surface area contributed by atoms with Gasteiger partial charge in [-0.15, -0.1) is 0 Å². The van der Waals surface area contributed by atoms with Crippen molar-refractivity contribution < 1.29 is 9.32 Å². The molecule has 0 radical (unpaired) electrons. The number of aryl methyl sites for hydroxylation is 1. The van der Waals surface area contributed by atoms with E-state index < -0.39 is 0 Å². The smallest absolute Gasteiger partial charge is 0.240 e. The van der Waals surface area contributed by atoms with Crippen LogP contribution in [0, 0.1) is 6.92 Å². The summed E-state index contributed by atoms with van der Waals surface area (Å²) in [5.74, 6) is 1.39. The van der Waals surface area contributed by atoms with Crippen molar-refractivity contribution in [3.05, 3.63) is 47.6 Å². The molecule has 1 aromatic heterocycles. The number of benzene rings is 1. The van der Waals surface area contributed by atoms with E-state index in [1.165, 1.54) is 0 Å². The van der Waals surface area contributed by atoms with E-state index in [4.69, 9.17) is 4.52 Å². The number of hydrogen-bond donors (Lipinski definition) is 1. The summed E-state index contributed by atoms with van der Waals surface area (Å²) in [4.78, 5) is 20.7. The van der Waals surface area contributed by atoms with Gasteiger partial charge in [0.15, 0.2) is 5.82 Å². The summed E-state index contributed by atoms with van der Waals surface area (Å²) in [6.45, 7) is 7.04. The average molecular weight is 329 g/mol. The maximum atomic E-state index is 12.1. The van der Waals surface area contributed by atoms with Gasteiger partial charge in [-0.1, -0.05) is 35.5 Å². The molecule has 1 saturated heterocycles. The van der Waals surface area contributed by atoms with Crippen LogP contribution in [0.2, 0.25) is 0 Å². The van der Waals surface area contributed by atoms with Crippen molar-refractivity contribution in [3.8, 4) is 0 Å². The Morgan fingerprint density at radius 2 is 1.88 bits per heavy atom. The summed E-state index contributed by atoms with van der Waals surface area (Å²) in [5, 5.41) is 6.78. The van der Waals surface area contributed by atoms with Gasteiger partial charge < -0.3 is 9.84 Å². The summed E-state index contributed by atoms with van der Waals surface area (Å²) in [7, 11) is 0. The fourth-order valence-electron chi connectivity index (χ4n) is 2.76. The Balaban J connectivity index is 1.36. The van der Waals surface area contributed by atoms with Gasteiger partial charge in [0.1, 0.15) is 0 Å². The molecule has 0 saturated carbocycles. The van der Waals surface area contributed by atoms with Gasteiger partial charge in [0.05, 0.1) is 13.1 Å². The van der Waals surface area contributed by atoms with Crippen LogP contribution in [-0.2, 0) is 17.9 Å².